The molecule has 2 aromatic heterocycles. The number of amides is 1. The van der Waals surface area contributed by atoms with Crippen molar-refractivity contribution >= 4 is 16.9 Å². The summed E-state index contributed by atoms with van der Waals surface area (Å²) in [5, 5.41) is 0. The summed E-state index contributed by atoms with van der Waals surface area (Å²) >= 11 is 0. The van der Waals surface area contributed by atoms with E-state index < -0.39 is 5.82 Å². The zero-order valence-corrected chi connectivity index (χ0v) is 18.4. The summed E-state index contributed by atoms with van der Waals surface area (Å²) in [7, 11) is 0. The SMILES string of the molecule is C=CC(=O)N1CC[C@H](n2c(=O)n(-c3ccc(OCc4ccccc4)c(F)c3)c3cnccc32)C1. The molecule has 34 heavy (non-hydrogen) atoms. The number of benzene rings is 2. The molecule has 1 aliphatic rings. The van der Waals surface area contributed by atoms with Gasteiger partial charge in [0, 0.05) is 25.4 Å². The number of hydrogen-bond acceptors (Lipinski definition) is 4. The molecule has 0 radical (unpaired) electrons. The topological polar surface area (TPSA) is 69.4 Å². The van der Waals surface area contributed by atoms with Gasteiger partial charge in [0.2, 0.25) is 5.91 Å². The van der Waals surface area contributed by atoms with Crippen molar-refractivity contribution in [2.75, 3.05) is 13.1 Å². The van der Waals surface area contributed by atoms with Gasteiger partial charge in [0.15, 0.2) is 11.6 Å². The van der Waals surface area contributed by atoms with Crippen LogP contribution in [0.3, 0.4) is 0 Å². The minimum Gasteiger partial charge on any atom is -0.486 e. The normalized spacial score (nSPS) is 15.6. The maximum Gasteiger partial charge on any atom is 0.334 e. The minimum atomic E-state index is -0.561. The molecule has 4 aromatic rings. The molecule has 8 heteroatoms. The van der Waals surface area contributed by atoms with Crippen LogP contribution in [-0.4, -0.2) is 38.0 Å². The summed E-state index contributed by atoms with van der Waals surface area (Å²) in [6.07, 6.45) is 5.13. The second-order valence-corrected chi connectivity index (χ2v) is 8.17. The fourth-order valence-corrected chi connectivity index (χ4v) is 4.43. The van der Waals surface area contributed by atoms with Crippen molar-refractivity contribution in [2.24, 2.45) is 0 Å². The molecule has 0 N–H and O–H groups in total. The monoisotopic (exact) mass is 458 g/mol. The second kappa shape index (κ2) is 8.97. The second-order valence-electron chi connectivity index (χ2n) is 8.17. The van der Waals surface area contributed by atoms with E-state index in [1.54, 1.807) is 34.0 Å². The number of halogens is 1. The molecule has 1 fully saturated rings. The summed E-state index contributed by atoms with van der Waals surface area (Å²) in [5.41, 5.74) is 2.25. The van der Waals surface area contributed by atoms with E-state index in [0.717, 1.165) is 5.56 Å². The van der Waals surface area contributed by atoms with E-state index in [0.29, 0.717) is 36.2 Å². The number of likely N-dealkylation sites (tertiary alicyclic amines) is 1. The Morgan fingerprint density at radius 1 is 1.18 bits per heavy atom. The molecule has 7 nitrogen and oxygen atoms in total. The van der Waals surface area contributed by atoms with Gasteiger partial charge in [0.05, 0.1) is 29.0 Å². The smallest absolute Gasteiger partial charge is 0.334 e. The average molecular weight is 458 g/mol. The van der Waals surface area contributed by atoms with Crippen LogP contribution in [0.4, 0.5) is 4.39 Å². The first kappa shape index (κ1) is 21.6. The van der Waals surface area contributed by atoms with Crippen LogP contribution in [0, 0.1) is 5.82 Å². The number of aromatic nitrogens is 3. The zero-order valence-electron chi connectivity index (χ0n) is 18.4. The van der Waals surface area contributed by atoms with Gasteiger partial charge in [-0.3, -0.25) is 18.9 Å². The molecule has 0 spiro atoms. The van der Waals surface area contributed by atoms with E-state index in [1.165, 1.54) is 22.8 Å². The first-order valence-corrected chi connectivity index (χ1v) is 11.0. The van der Waals surface area contributed by atoms with Crippen molar-refractivity contribution in [2.45, 2.75) is 19.1 Å². The Labute approximate surface area is 195 Å². The molecule has 0 bridgehead atoms. The number of pyridine rings is 1. The third-order valence-corrected chi connectivity index (χ3v) is 6.10. The van der Waals surface area contributed by atoms with Crippen LogP contribution in [0.15, 0.2) is 84.4 Å². The van der Waals surface area contributed by atoms with Gasteiger partial charge >= 0.3 is 5.69 Å². The third-order valence-electron chi connectivity index (χ3n) is 6.10. The molecule has 1 saturated heterocycles. The fraction of sp³-hybridized carbons (Fsp3) is 0.192. The molecule has 1 amide bonds. The summed E-state index contributed by atoms with van der Waals surface area (Å²) in [5.74, 6) is -0.611. The number of rotatable bonds is 6. The maximum atomic E-state index is 14.9. The lowest BCUT2D eigenvalue weighted by Crippen LogP contribution is -2.31. The lowest BCUT2D eigenvalue weighted by molar-refractivity contribution is -0.125. The van der Waals surface area contributed by atoms with Crippen molar-refractivity contribution in [3.05, 3.63) is 102 Å². The highest BCUT2D eigenvalue weighted by Gasteiger charge is 2.30. The molecular formula is C26H23FN4O3. The molecular weight excluding hydrogens is 435 g/mol. The molecule has 5 rings (SSSR count). The minimum absolute atomic E-state index is 0.108. The van der Waals surface area contributed by atoms with Crippen LogP contribution in [0.2, 0.25) is 0 Å². The largest absolute Gasteiger partial charge is 0.486 e. The summed E-state index contributed by atoms with van der Waals surface area (Å²) < 4.78 is 23.7. The van der Waals surface area contributed by atoms with Gasteiger partial charge in [-0.25, -0.2) is 9.18 Å². The highest BCUT2D eigenvalue weighted by molar-refractivity contribution is 5.87. The van der Waals surface area contributed by atoms with Gasteiger partial charge < -0.3 is 9.64 Å². The Bertz CT molecular complexity index is 1430. The Morgan fingerprint density at radius 3 is 2.76 bits per heavy atom. The number of fused-ring (bicyclic) bond motifs is 1. The highest BCUT2D eigenvalue weighted by atomic mass is 19.1. The van der Waals surface area contributed by atoms with Crippen molar-refractivity contribution in [3.8, 4) is 11.4 Å². The molecule has 172 valence electrons. The Kier molecular flexibility index (Phi) is 5.71. The number of nitrogens with zero attached hydrogens (tertiary/aromatic N) is 4. The number of carbonyl (C=O) groups is 1. The van der Waals surface area contributed by atoms with Gasteiger partial charge in [0.25, 0.3) is 0 Å². The first-order valence-electron chi connectivity index (χ1n) is 11.0. The zero-order chi connectivity index (χ0) is 23.7. The van der Waals surface area contributed by atoms with Gasteiger partial charge in [-0.15, -0.1) is 0 Å². The third kappa shape index (κ3) is 3.87. The molecule has 0 saturated carbocycles. The van der Waals surface area contributed by atoms with E-state index in [4.69, 9.17) is 4.74 Å². The van der Waals surface area contributed by atoms with Gasteiger partial charge in [0.1, 0.15) is 6.61 Å². The summed E-state index contributed by atoms with van der Waals surface area (Å²) in [6, 6.07) is 15.5. The van der Waals surface area contributed by atoms with Crippen LogP contribution >= 0.6 is 0 Å². The highest BCUT2D eigenvalue weighted by Crippen LogP contribution is 2.28. The Balaban J connectivity index is 1.49. The predicted octanol–water partition coefficient (Wildman–Crippen LogP) is 3.86. The summed E-state index contributed by atoms with van der Waals surface area (Å²) in [6.45, 7) is 4.73. The van der Waals surface area contributed by atoms with E-state index in [2.05, 4.69) is 11.6 Å². The fourth-order valence-electron chi connectivity index (χ4n) is 4.43. The Morgan fingerprint density at radius 2 is 2.00 bits per heavy atom. The van der Waals surface area contributed by atoms with Crippen LogP contribution in [0.5, 0.6) is 5.75 Å². The van der Waals surface area contributed by atoms with Crippen LogP contribution < -0.4 is 10.4 Å². The molecule has 2 aromatic carbocycles. The number of ether oxygens (including phenoxy) is 1. The number of imidazole rings is 1. The molecule has 3 heterocycles. The van der Waals surface area contributed by atoms with Crippen LogP contribution in [0.25, 0.3) is 16.7 Å². The first-order chi connectivity index (χ1) is 16.6. The molecule has 0 unspecified atom stereocenters. The molecule has 1 aliphatic heterocycles. The molecule has 1 atom stereocenters. The maximum absolute atomic E-state index is 14.9. The average Bonchev–Trinajstić information content (AvgIpc) is 3.45. The summed E-state index contributed by atoms with van der Waals surface area (Å²) in [4.78, 5) is 31.4. The van der Waals surface area contributed by atoms with Crippen LogP contribution in [0.1, 0.15) is 18.0 Å². The lowest BCUT2D eigenvalue weighted by Gasteiger charge is -2.15. The van der Waals surface area contributed by atoms with Gasteiger partial charge in [-0.2, -0.15) is 0 Å². The quantitative estimate of drug-likeness (QED) is 0.412. The predicted molar refractivity (Wildman–Crippen MR) is 126 cm³/mol. The number of carbonyl (C=O) groups excluding carboxylic acids is 1. The van der Waals surface area contributed by atoms with Crippen molar-refractivity contribution in [3.63, 3.8) is 0 Å². The van der Waals surface area contributed by atoms with Crippen molar-refractivity contribution in [1.82, 2.24) is 19.0 Å². The van der Waals surface area contributed by atoms with Gasteiger partial charge in [-0.05, 0) is 36.3 Å². The van der Waals surface area contributed by atoms with E-state index in [9.17, 15) is 14.0 Å². The van der Waals surface area contributed by atoms with E-state index >= 15 is 0 Å². The lowest BCUT2D eigenvalue weighted by atomic mass is 10.2. The molecule has 0 aliphatic carbocycles. The van der Waals surface area contributed by atoms with E-state index in [-0.39, 0.29) is 30.0 Å². The van der Waals surface area contributed by atoms with E-state index in [1.807, 2.05) is 30.3 Å². The van der Waals surface area contributed by atoms with Gasteiger partial charge in [-0.1, -0.05) is 36.9 Å². The van der Waals surface area contributed by atoms with Crippen LogP contribution in [-0.2, 0) is 11.4 Å². The number of hydrogen-bond donors (Lipinski definition) is 0. The standard InChI is InChI=1S/C26H23FN4O3/c1-2-25(32)29-13-11-20(16-29)31-22-10-12-28-15-23(22)30(26(31)33)19-8-9-24(21(27)14-19)34-17-18-6-4-3-5-7-18/h2-10,12,14-15,20H,1,11,13,16-17H2/t20-/m0/s1. The van der Waals surface area contributed by atoms with Crippen molar-refractivity contribution in [1.29, 1.82) is 0 Å². The Hall–Kier alpha value is -4.20. The van der Waals surface area contributed by atoms with Crippen molar-refractivity contribution < 1.29 is 13.9 Å².